The number of carbonyl (C=O) groups is 2. The molecule has 0 saturated heterocycles. The standard InChI is InChI=1S/C15H21N3O2S2/c1-2-3-8-11(19)17-15(21)18-14-12(13(16)20)9-6-4-5-7-10(9)22-14/h2-8H2,1H3,(H2,16,20)(H2,17,18,19,21). The first kappa shape index (κ1) is 16.9. The van der Waals surface area contributed by atoms with Gasteiger partial charge in [-0.05, 0) is 49.9 Å². The fourth-order valence-corrected chi connectivity index (χ4v) is 4.15. The average Bonchev–Trinajstić information content (AvgIpc) is 2.82. The number of amides is 2. The zero-order valence-electron chi connectivity index (χ0n) is 12.7. The first-order chi connectivity index (χ1) is 10.5. The molecule has 0 aromatic carbocycles. The van der Waals surface area contributed by atoms with Crippen molar-refractivity contribution in [2.45, 2.75) is 51.9 Å². The Bertz CT molecular complexity index is 596. The summed E-state index contributed by atoms with van der Waals surface area (Å²) in [7, 11) is 0. The minimum absolute atomic E-state index is 0.110. The number of carbonyl (C=O) groups excluding carboxylic acids is 2. The van der Waals surface area contributed by atoms with Crippen LogP contribution in [0.1, 0.15) is 59.8 Å². The normalized spacial score (nSPS) is 13.3. The third-order valence-electron chi connectivity index (χ3n) is 3.66. The van der Waals surface area contributed by atoms with E-state index in [2.05, 4.69) is 10.6 Å². The highest BCUT2D eigenvalue weighted by Crippen LogP contribution is 2.37. The fourth-order valence-electron chi connectivity index (χ4n) is 2.58. The maximum Gasteiger partial charge on any atom is 0.251 e. The van der Waals surface area contributed by atoms with E-state index in [1.807, 2.05) is 6.92 Å². The maximum atomic E-state index is 11.8. The molecule has 1 aromatic rings. The Hall–Kier alpha value is -1.47. The van der Waals surface area contributed by atoms with Crippen molar-refractivity contribution in [3.8, 4) is 0 Å². The predicted octanol–water partition coefficient (Wildman–Crippen LogP) is 2.73. The molecule has 0 aliphatic heterocycles. The molecule has 1 aromatic heterocycles. The van der Waals surface area contributed by atoms with Crippen LogP contribution in [0.15, 0.2) is 0 Å². The van der Waals surface area contributed by atoms with E-state index in [9.17, 15) is 9.59 Å². The summed E-state index contributed by atoms with van der Waals surface area (Å²) in [6.07, 6.45) is 6.28. The molecule has 22 heavy (non-hydrogen) atoms. The van der Waals surface area contributed by atoms with Crippen molar-refractivity contribution >= 4 is 45.5 Å². The topological polar surface area (TPSA) is 84.2 Å². The molecular weight excluding hydrogens is 318 g/mol. The lowest BCUT2D eigenvalue weighted by atomic mass is 9.95. The molecule has 0 atom stereocenters. The van der Waals surface area contributed by atoms with E-state index < -0.39 is 5.91 Å². The molecule has 5 nitrogen and oxygen atoms in total. The Morgan fingerprint density at radius 1 is 1.32 bits per heavy atom. The van der Waals surface area contributed by atoms with Crippen molar-refractivity contribution in [1.29, 1.82) is 0 Å². The zero-order chi connectivity index (χ0) is 16.1. The van der Waals surface area contributed by atoms with Crippen LogP contribution in [0.4, 0.5) is 5.00 Å². The van der Waals surface area contributed by atoms with Crippen molar-refractivity contribution in [3.05, 3.63) is 16.0 Å². The molecule has 4 N–H and O–H groups in total. The Morgan fingerprint density at radius 2 is 2.05 bits per heavy atom. The summed E-state index contributed by atoms with van der Waals surface area (Å²) in [4.78, 5) is 24.6. The second-order valence-electron chi connectivity index (χ2n) is 5.39. The van der Waals surface area contributed by atoms with Gasteiger partial charge in [-0.1, -0.05) is 13.3 Å². The molecule has 2 rings (SSSR count). The number of thiophene rings is 1. The van der Waals surface area contributed by atoms with Crippen LogP contribution >= 0.6 is 23.6 Å². The summed E-state index contributed by atoms with van der Waals surface area (Å²) in [6.45, 7) is 2.03. The highest BCUT2D eigenvalue weighted by Gasteiger charge is 2.24. The Kier molecular flexibility index (Phi) is 5.90. The molecule has 0 spiro atoms. The number of hydrogen-bond acceptors (Lipinski definition) is 4. The highest BCUT2D eigenvalue weighted by atomic mass is 32.1. The monoisotopic (exact) mass is 339 g/mol. The Balaban J connectivity index is 2.09. The number of nitrogens with one attached hydrogen (secondary N) is 2. The molecule has 0 fully saturated rings. The number of anilines is 1. The molecule has 7 heteroatoms. The van der Waals surface area contributed by atoms with Gasteiger partial charge >= 0.3 is 0 Å². The summed E-state index contributed by atoms with van der Waals surface area (Å²) in [5.41, 5.74) is 7.10. The van der Waals surface area contributed by atoms with Crippen LogP contribution < -0.4 is 16.4 Å². The predicted molar refractivity (Wildman–Crippen MR) is 93.4 cm³/mol. The number of fused-ring (bicyclic) bond motifs is 1. The van der Waals surface area contributed by atoms with E-state index >= 15 is 0 Å². The van der Waals surface area contributed by atoms with Gasteiger partial charge in [0.2, 0.25) is 5.91 Å². The summed E-state index contributed by atoms with van der Waals surface area (Å²) < 4.78 is 0. The molecule has 0 unspecified atom stereocenters. The lowest BCUT2D eigenvalue weighted by molar-refractivity contribution is -0.119. The average molecular weight is 339 g/mol. The smallest absolute Gasteiger partial charge is 0.251 e. The lowest BCUT2D eigenvalue weighted by Gasteiger charge is -2.11. The van der Waals surface area contributed by atoms with Gasteiger partial charge in [0, 0.05) is 11.3 Å². The molecule has 2 amide bonds. The molecule has 1 aliphatic rings. The number of aryl methyl sites for hydroxylation is 1. The van der Waals surface area contributed by atoms with Crippen LogP contribution in [0, 0.1) is 0 Å². The summed E-state index contributed by atoms with van der Waals surface area (Å²) in [6, 6.07) is 0. The summed E-state index contributed by atoms with van der Waals surface area (Å²) in [5.74, 6) is -0.552. The first-order valence-corrected chi connectivity index (χ1v) is 8.80. The van der Waals surface area contributed by atoms with E-state index in [1.165, 1.54) is 16.2 Å². The fraction of sp³-hybridized carbons (Fsp3) is 0.533. The molecule has 0 radical (unpaired) electrons. The highest BCUT2D eigenvalue weighted by molar-refractivity contribution is 7.80. The second kappa shape index (κ2) is 7.69. The van der Waals surface area contributed by atoms with Gasteiger partial charge in [0.1, 0.15) is 5.00 Å². The van der Waals surface area contributed by atoms with Crippen molar-refractivity contribution in [1.82, 2.24) is 5.32 Å². The van der Waals surface area contributed by atoms with Gasteiger partial charge in [-0.15, -0.1) is 11.3 Å². The van der Waals surface area contributed by atoms with Crippen LogP contribution in [0.2, 0.25) is 0 Å². The lowest BCUT2D eigenvalue weighted by Crippen LogP contribution is -2.34. The SMILES string of the molecule is CCCCC(=O)NC(=S)Nc1sc2c(c1C(N)=O)CCCC2. The quantitative estimate of drug-likeness (QED) is 0.720. The van der Waals surface area contributed by atoms with E-state index in [1.54, 1.807) is 0 Å². The van der Waals surface area contributed by atoms with Crippen molar-refractivity contribution < 1.29 is 9.59 Å². The van der Waals surface area contributed by atoms with Gasteiger partial charge in [-0.3, -0.25) is 9.59 Å². The van der Waals surface area contributed by atoms with E-state index in [-0.39, 0.29) is 11.0 Å². The van der Waals surface area contributed by atoms with Crippen LogP contribution in [0.25, 0.3) is 0 Å². The van der Waals surface area contributed by atoms with Gasteiger partial charge in [0.05, 0.1) is 5.56 Å². The number of rotatable bonds is 5. The van der Waals surface area contributed by atoms with Crippen LogP contribution in [-0.4, -0.2) is 16.9 Å². The van der Waals surface area contributed by atoms with Crippen LogP contribution in [0.5, 0.6) is 0 Å². The number of unbranched alkanes of at least 4 members (excludes halogenated alkanes) is 1. The van der Waals surface area contributed by atoms with Crippen LogP contribution in [0.3, 0.4) is 0 Å². The van der Waals surface area contributed by atoms with Crippen molar-refractivity contribution in [2.75, 3.05) is 5.32 Å². The number of nitrogens with two attached hydrogens (primary N) is 1. The van der Waals surface area contributed by atoms with Gasteiger partial charge in [0.25, 0.3) is 5.91 Å². The van der Waals surface area contributed by atoms with Crippen LogP contribution in [-0.2, 0) is 17.6 Å². The molecule has 1 heterocycles. The zero-order valence-corrected chi connectivity index (χ0v) is 14.3. The van der Waals surface area contributed by atoms with Gasteiger partial charge in [0.15, 0.2) is 5.11 Å². The molecular formula is C15H21N3O2S2. The minimum Gasteiger partial charge on any atom is -0.365 e. The third kappa shape index (κ3) is 4.04. The molecule has 0 saturated carbocycles. The molecule has 0 bridgehead atoms. The van der Waals surface area contributed by atoms with Crippen molar-refractivity contribution in [3.63, 3.8) is 0 Å². The van der Waals surface area contributed by atoms with E-state index in [4.69, 9.17) is 18.0 Å². The molecule has 1 aliphatic carbocycles. The Labute approximate surface area is 139 Å². The maximum absolute atomic E-state index is 11.8. The molecule has 120 valence electrons. The Morgan fingerprint density at radius 3 is 2.73 bits per heavy atom. The minimum atomic E-state index is -0.443. The number of hydrogen-bond donors (Lipinski definition) is 3. The van der Waals surface area contributed by atoms with E-state index in [0.717, 1.165) is 44.1 Å². The largest absolute Gasteiger partial charge is 0.365 e. The number of thiocarbonyl (C=S) groups is 1. The number of primary amides is 1. The second-order valence-corrected chi connectivity index (χ2v) is 6.90. The van der Waals surface area contributed by atoms with Gasteiger partial charge in [-0.25, -0.2) is 0 Å². The first-order valence-electron chi connectivity index (χ1n) is 7.58. The summed E-state index contributed by atoms with van der Waals surface area (Å²) >= 11 is 6.67. The van der Waals surface area contributed by atoms with Crippen molar-refractivity contribution in [2.24, 2.45) is 5.73 Å². The summed E-state index contributed by atoms with van der Waals surface area (Å²) in [5, 5.41) is 6.50. The third-order valence-corrected chi connectivity index (χ3v) is 5.07. The van der Waals surface area contributed by atoms with Gasteiger partial charge < -0.3 is 16.4 Å². The van der Waals surface area contributed by atoms with E-state index in [0.29, 0.717) is 17.0 Å². The van der Waals surface area contributed by atoms with Gasteiger partial charge in [-0.2, -0.15) is 0 Å².